The van der Waals surface area contributed by atoms with Crippen molar-refractivity contribution in [1.82, 2.24) is 9.55 Å². The van der Waals surface area contributed by atoms with Crippen LogP contribution in [0.15, 0.2) is 152 Å². The van der Waals surface area contributed by atoms with Crippen molar-refractivity contribution < 1.29 is 0 Å². The van der Waals surface area contributed by atoms with Gasteiger partial charge in [-0.1, -0.05) is 129 Å². The highest BCUT2D eigenvalue weighted by Gasteiger charge is 2.47. The molecule has 2 heteroatoms. The molecule has 2 aliphatic carbocycles. The monoisotopic (exact) mass is 614 g/mol. The maximum absolute atomic E-state index is 4.99. The highest BCUT2D eigenvalue weighted by atomic mass is 15.1. The fourth-order valence-electron chi connectivity index (χ4n) is 9.03. The van der Waals surface area contributed by atoms with Crippen molar-refractivity contribution in [3.8, 4) is 39.2 Å². The van der Waals surface area contributed by atoms with Crippen LogP contribution in [0.3, 0.4) is 0 Å². The summed E-state index contributed by atoms with van der Waals surface area (Å²) < 4.78 is 2.37. The van der Waals surface area contributed by atoms with Gasteiger partial charge in [0.2, 0.25) is 0 Å². The molecule has 0 amide bonds. The zero-order valence-corrected chi connectivity index (χ0v) is 27.3. The molecule has 1 unspecified atom stereocenters. The number of benzene rings is 6. The van der Waals surface area contributed by atoms with E-state index in [4.69, 9.17) is 4.98 Å². The standard InChI is InChI=1S/C46H34N2/c1-45(2)37-20-12-10-18-32(37)34-22-23-38-43(44(34)45)36-28-41-35(27-39(36)46(38,3)31-16-8-5-9-17-31)33-19-11-13-21-40(33)48(41)42-26-30(24-25-47-42)29-14-6-4-7-15-29/h4-28H,1-3H3. The zero-order valence-electron chi connectivity index (χ0n) is 27.3. The molecule has 0 fully saturated rings. The van der Waals surface area contributed by atoms with Crippen molar-refractivity contribution in [2.45, 2.75) is 31.6 Å². The summed E-state index contributed by atoms with van der Waals surface area (Å²) in [4.78, 5) is 4.99. The number of rotatable bonds is 3. The summed E-state index contributed by atoms with van der Waals surface area (Å²) >= 11 is 0. The zero-order chi connectivity index (χ0) is 32.2. The van der Waals surface area contributed by atoms with E-state index < -0.39 is 0 Å². The minimum atomic E-state index is -0.311. The Bertz CT molecular complexity index is 2590. The highest BCUT2D eigenvalue weighted by molar-refractivity contribution is 6.12. The van der Waals surface area contributed by atoms with Crippen LogP contribution < -0.4 is 0 Å². The van der Waals surface area contributed by atoms with Gasteiger partial charge in [0, 0.05) is 27.8 Å². The average molecular weight is 615 g/mol. The summed E-state index contributed by atoms with van der Waals surface area (Å²) in [6, 6.07) is 53.6. The number of nitrogens with zero attached hydrogens (tertiary/aromatic N) is 2. The number of aromatic nitrogens is 2. The topological polar surface area (TPSA) is 17.8 Å². The van der Waals surface area contributed by atoms with Crippen LogP contribution in [0.25, 0.3) is 61.0 Å². The van der Waals surface area contributed by atoms with Gasteiger partial charge in [0.1, 0.15) is 5.82 Å². The Labute approximate surface area is 281 Å². The highest BCUT2D eigenvalue weighted by Crippen LogP contribution is 2.61. The summed E-state index contributed by atoms with van der Waals surface area (Å²) in [5.74, 6) is 0.928. The van der Waals surface area contributed by atoms with E-state index in [9.17, 15) is 0 Å². The van der Waals surface area contributed by atoms with Crippen LogP contribution >= 0.6 is 0 Å². The number of para-hydroxylation sites is 1. The second kappa shape index (κ2) is 9.65. The number of fused-ring (bicyclic) bond motifs is 10. The number of hydrogen-bond donors (Lipinski definition) is 0. The van der Waals surface area contributed by atoms with E-state index >= 15 is 0 Å². The quantitative estimate of drug-likeness (QED) is 0.194. The van der Waals surface area contributed by atoms with Gasteiger partial charge in [-0.3, -0.25) is 4.57 Å². The lowest BCUT2D eigenvalue weighted by Gasteiger charge is -2.29. The van der Waals surface area contributed by atoms with Gasteiger partial charge in [0.25, 0.3) is 0 Å². The molecular weight excluding hydrogens is 581 g/mol. The molecule has 2 aromatic heterocycles. The molecule has 0 aliphatic heterocycles. The van der Waals surface area contributed by atoms with Crippen LogP contribution in [0.4, 0.5) is 0 Å². The summed E-state index contributed by atoms with van der Waals surface area (Å²) in [6.45, 7) is 7.25. The first-order valence-electron chi connectivity index (χ1n) is 16.9. The van der Waals surface area contributed by atoms with Crippen LogP contribution in [0, 0.1) is 0 Å². The Balaban J connectivity index is 1.32. The Kier molecular flexibility index (Phi) is 5.51. The summed E-state index contributed by atoms with van der Waals surface area (Å²) in [6.07, 6.45) is 1.94. The van der Waals surface area contributed by atoms with Crippen LogP contribution in [0.5, 0.6) is 0 Å². The molecular formula is C46H34N2. The molecule has 6 aromatic carbocycles. The molecule has 2 nitrogen and oxygen atoms in total. The van der Waals surface area contributed by atoms with E-state index in [0.717, 1.165) is 11.4 Å². The van der Waals surface area contributed by atoms with Crippen molar-refractivity contribution in [1.29, 1.82) is 0 Å². The van der Waals surface area contributed by atoms with Gasteiger partial charge in [-0.05, 0) is 98.5 Å². The van der Waals surface area contributed by atoms with Crippen molar-refractivity contribution in [2.24, 2.45) is 0 Å². The molecule has 0 radical (unpaired) electrons. The maximum Gasteiger partial charge on any atom is 0.138 e. The Morgan fingerprint density at radius 1 is 0.500 bits per heavy atom. The molecule has 48 heavy (non-hydrogen) atoms. The van der Waals surface area contributed by atoms with Gasteiger partial charge in [0.15, 0.2) is 0 Å². The fourth-order valence-corrected chi connectivity index (χ4v) is 9.03. The lowest BCUT2D eigenvalue weighted by atomic mass is 9.73. The molecule has 8 aromatic rings. The maximum atomic E-state index is 4.99. The third-order valence-electron chi connectivity index (χ3n) is 11.3. The molecule has 2 heterocycles. The lowest BCUT2D eigenvalue weighted by Crippen LogP contribution is -2.23. The molecule has 0 saturated heterocycles. The summed E-state index contributed by atoms with van der Waals surface area (Å²) in [5.41, 5.74) is 16.6. The van der Waals surface area contributed by atoms with E-state index in [1.807, 2.05) is 6.20 Å². The van der Waals surface area contributed by atoms with Gasteiger partial charge in [0.05, 0.1) is 11.0 Å². The third kappa shape index (κ3) is 3.50. The largest absolute Gasteiger partial charge is 0.294 e. The van der Waals surface area contributed by atoms with Crippen LogP contribution in [0.1, 0.15) is 48.6 Å². The van der Waals surface area contributed by atoms with Gasteiger partial charge in [-0.15, -0.1) is 0 Å². The molecule has 228 valence electrons. The molecule has 0 N–H and O–H groups in total. The van der Waals surface area contributed by atoms with Gasteiger partial charge in [-0.2, -0.15) is 0 Å². The second-order valence-electron chi connectivity index (χ2n) is 14.1. The number of pyridine rings is 1. The summed E-state index contributed by atoms with van der Waals surface area (Å²) in [5, 5.41) is 2.50. The summed E-state index contributed by atoms with van der Waals surface area (Å²) in [7, 11) is 0. The van der Waals surface area contributed by atoms with Gasteiger partial charge in [-0.25, -0.2) is 4.98 Å². The van der Waals surface area contributed by atoms with Crippen LogP contribution in [-0.4, -0.2) is 9.55 Å². The average Bonchev–Trinajstić information content (AvgIpc) is 3.69. The third-order valence-corrected chi connectivity index (χ3v) is 11.3. The van der Waals surface area contributed by atoms with E-state index in [1.165, 1.54) is 77.4 Å². The normalized spacial score (nSPS) is 16.9. The minimum Gasteiger partial charge on any atom is -0.294 e. The van der Waals surface area contributed by atoms with Crippen molar-refractivity contribution >= 4 is 21.8 Å². The van der Waals surface area contributed by atoms with Crippen molar-refractivity contribution in [3.63, 3.8) is 0 Å². The molecule has 0 saturated carbocycles. The SMILES string of the molecule is CC1(C)c2ccccc2-c2ccc3c(c21)-c1cc2c(cc1C3(C)c1ccccc1)c1ccccc1n2-c1cc(-c2ccccc2)ccn1. The van der Waals surface area contributed by atoms with E-state index in [1.54, 1.807) is 0 Å². The van der Waals surface area contributed by atoms with E-state index in [-0.39, 0.29) is 10.8 Å². The van der Waals surface area contributed by atoms with Gasteiger partial charge < -0.3 is 0 Å². The predicted molar refractivity (Wildman–Crippen MR) is 199 cm³/mol. The molecule has 0 spiro atoms. The van der Waals surface area contributed by atoms with E-state index in [0.29, 0.717) is 0 Å². The first-order chi connectivity index (χ1) is 23.5. The molecule has 0 bridgehead atoms. The second-order valence-corrected chi connectivity index (χ2v) is 14.1. The van der Waals surface area contributed by atoms with Crippen molar-refractivity contribution in [2.75, 3.05) is 0 Å². The van der Waals surface area contributed by atoms with Crippen molar-refractivity contribution in [3.05, 3.63) is 180 Å². The lowest BCUT2D eigenvalue weighted by molar-refractivity contribution is 0.658. The number of hydrogen-bond acceptors (Lipinski definition) is 1. The smallest absolute Gasteiger partial charge is 0.138 e. The predicted octanol–water partition coefficient (Wildman–Crippen LogP) is 11.5. The Hall–Kier alpha value is -5.73. The molecule has 10 rings (SSSR count). The first kappa shape index (κ1) is 27.4. The Morgan fingerprint density at radius 3 is 2.06 bits per heavy atom. The minimum absolute atomic E-state index is 0.135. The Morgan fingerprint density at radius 2 is 1.23 bits per heavy atom. The van der Waals surface area contributed by atoms with Crippen LogP contribution in [-0.2, 0) is 10.8 Å². The first-order valence-corrected chi connectivity index (χ1v) is 16.9. The molecule has 1 atom stereocenters. The van der Waals surface area contributed by atoms with Crippen LogP contribution in [0.2, 0.25) is 0 Å². The van der Waals surface area contributed by atoms with Gasteiger partial charge >= 0.3 is 0 Å². The van der Waals surface area contributed by atoms with E-state index in [2.05, 4.69) is 171 Å². The molecule has 2 aliphatic rings. The fraction of sp³-hybridized carbons (Fsp3) is 0.109.